The van der Waals surface area contributed by atoms with Gasteiger partial charge in [0.05, 0.1) is 37.6 Å². The fraction of sp³-hybridized carbons (Fsp3) is 0.111. The number of amides is 1. The maximum atomic E-state index is 13.7. The van der Waals surface area contributed by atoms with E-state index < -0.39 is 24.0 Å². The highest BCUT2D eigenvalue weighted by Gasteiger charge is 2.31. The van der Waals surface area contributed by atoms with E-state index in [0.717, 1.165) is 30.9 Å². The highest BCUT2D eigenvalue weighted by molar-refractivity contribution is 5.93. The molecule has 9 nitrogen and oxygen atoms in total. The summed E-state index contributed by atoms with van der Waals surface area (Å²) < 4.78 is 58.9. The Morgan fingerprint density at radius 3 is 2.58 bits per heavy atom. The van der Waals surface area contributed by atoms with Crippen molar-refractivity contribution in [2.24, 2.45) is 5.10 Å². The van der Waals surface area contributed by atoms with Crippen molar-refractivity contribution < 1.29 is 31.8 Å². The molecule has 3 heterocycles. The number of nitrogens with zero attached hydrogens (tertiary/aromatic N) is 5. The van der Waals surface area contributed by atoms with Gasteiger partial charge in [-0.3, -0.25) is 9.78 Å². The fourth-order valence-corrected chi connectivity index (χ4v) is 2.19. The number of carbonyl (C=O) groups is 1. The van der Waals surface area contributed by atoms with Crippen LogP contribution in [0.1, 0.15) is 16.1 Å². The molecule has 0 aliphatic rings. The van der Waals surface area contributed by atoms with Crippen molar-refractivity contribution in [2.45, 2.75) is 6.36 Å². The minimum atomic E-state index is -4.86. The molecular weight excluding hydrogens is 424 g/mol. The Bertz CT molecular complexity index is 1110. The molecule has 3 aromatic heterocycles. The molecule has 31 heavy (non-hydrogen) atoms. The molecule has 3 aromatic rings. The maximum absolute atomic E-state index is 13.7. The number of alkyl halides is 3. The lowest BCUT2D eigenvalue weighted by atomic mass is 10.2. The van der Waals surface area contributed by atoms with Crippen LogP contribution >= 0.6 is 0 Å². The topological polar surface area (TPSA) is 111 Å². The molecule has 0 fully saturated rings. The van der Waals surface area contributed by atoms with Crippen LogP contribution in [0.15, 0.2) is 48.1 Å². The van der Waals surface area contributed by atoms with Crippen molar-refractivity contribution in [2.75, 3.05) is 7.11 Å². The quantitative estimate of drug-likeness (QED) is 0.359. The summed E-state index contributed by atoms with van der Waals surface area (Å²) in [6.07, 6.45) is 0.661. The average molecular weight is 436 g/mol. The van der Waals surface area contributed by atoms with Crippen LogP contribution in [0.25, 0.3) is 11.3 Å². The lowest BCUT2D eigenvalue weighted by Crippen LogP contribution is -2.19. The van der Waals surface area contributed by atoms with Crippen molar-refractivity contribution in [1.82, 2.24) is 25.4 Å². The number of hydrazone groups is 1. The van der Waals surface area contributed by atoms with Crippen molar-refractivity contribution in [1.29, 1.82) is 0 Å². The molecule has 1 amide bonds. The molecule has 0 radical (unpaired) electrons. The Hall–Kier alpha value is -4.16. The molecule has 0 bridgehead atoms. The maximum Gasteiger partial charge on any atom is 0.574 e. The Morgan fingerprint density at radius 2 is 1.90 bits per heavy atom. The number of aromatic nitrogens is 4. The number of hydrogen-bond donors (Lipinski definition) is 1. The van der Waals surface area contributed by atoms with Gasteiger partial charge in [-0.1, -0.05) is 0 Å². The van der Waals surface area contributed by atoms with Crippen LogP contribution in [-0.2, 0) is 0 Å². The molecule has 0 aliphatic heterocycles. The monoisotopic (exact) mass is 436 g/mol. The predicted molar refractivity (Wildman–Crippen MR) is 97.8 cm³/mol. The number of ether oxygens (including phenoxy) is 2. The van der Waals surface area contributed by atoms with Gasteiger partial charge in [-0.05, 0) is 6.07 Å². The Balaban J connectivity index is 1.70. The molecular formula is C18H12F4N6O3. The van der Waals surface area contributed by atoms with Gasteiger partial charge in [0, 0.05) is 29.5 Å². The number of methoxy groups -OCH3 is 1. The van der Waals surface area contributed by atoms with Crippen molar-refractivity contribution in [3.8, 4) is 23.0 Å². The minimum absolute atomic E-state index is 0.0271. The smallest absolute Gasteiger partial charge is 0.481 e. The van der Waals surface area contributed by atoms with Gasteiger partial charge in [0.1, 0.15) is 5.69 Å². The first-order chi connectivity index (χ1) is 14.7. The molecule has 0 aliphatic carbocycles. The lowest BCUT2D eigenvalue weighted by Gasteiger charge is -2.08. The summed E-state index contributed by atoms with van der Waals surface area (Å²) in [6.45, 7) is 0. The zero-order valence-electron chi connectivity index (χ0n) is 15.6. The molecule has 0 atom stereocenters. The summed E-state index contributed by atoms with van der Waals surface area (Å²) in [5.41, 5.74) is 2.52. The third-order valence-corrected chi connectivity index (χ3v) is 3.56. The van der Waals surface area contributed by atoms with E-state index in [-0.39, 0.29) is 22.8 Å². The Morgan fingerprint density at radius 1 is 1.13 bits per heavy atom. The van der Waals surface area contributed by atoms with Crippen LogP contribution in [0.3, 0.4) is 0 Å². The summed E-state index contributed by atoms with van der Waals surface area (Å²) in [6, 6.07) is 3.56. The second-order valence-corrected chi connectivity index (χ2v) is 5.67. The van der Waals surface area contributed by atoms with E-state index in [9.17, 15) is 22.4 Å². The molecule has 13 heteroatoms. The van der Waals surface area contributed by atoms with Gasteiger partial charge in [0.15, 0.2) is 5.82 Å². The molecule has 0 spiro atoms. The summed E-state index contributed by atoms with van der Waals surface area (Å²) in [7, 11) is 1.36. The lowest BCUT2D eigenvalue weighted by molar-refractivity contribution is -0.276. The van der Waals surface area contributed by atoms with Crippen LogP contribution in [0.2, 0.25) is 0 Å². The number of hydrogen-bond acceptors (Lipinski definition) is 8. The number of carbonyl (C=O) groups excluding carboxylic acids is 1. The van der Waals surface area contributed by atoms with Gasteiger partial charge >= 0.3 is 6.36 Å². The molecule has 1 N–H and O–H groups in total. The standard InChI is InChI=1S/C18H12F4N6O3/c1-30-16-4-11(12(19)7-25-16)6-26-28-17(29)14-9-23-8-13(27-14)10-2-3-15(24-5-10)31-18(20,21)22/h2-9H,1H3,(H,28,29)/b26-6+. The van der Waals surface area contributed by atoms with E-state index >= 15 is 0 Å². The van der Waals surface area contributed by atoms with Crippen LogP contribution in [0.5, 0.6) is 11.8 Å². The van der Waals surface area contributed by atoms with Gasteiger partial charge < -0.3 is 9.47 Å². The number of pyridine rings is 2. The normalized spacial score (nSPS) is 11.4. The second-order valence-electron chi connectivity index (χ2n) is 5.67. The molecule has 0 unspecified atom stereocenters. The fourth-order valence-electron chi connectivity index (χ4n) is 2.19. The van der Waals surface area contributed by atoms with Crippen molar-refractivity contribution in [3.63, 3.8) is 0 Å². The minimum Gasteiger partial charge on any atom is -0.481 e. The van der Waals surface area contributed by atoms with Crippen molar-refractivity contribution >= 4 is 12.1 Å². The van der Waals surface area contributed by atoms with Gasteiger partial charge in [-0.15, -0.1) is 13.2 Å². The van der Waals surface area contributed by atoms with E-state index in [1.807, 2.05) is 0 Å². The van der Waals surface area contributed by atoms with Crippen LogP contribution in [-0.4, -0.2) is 45.5 Å². The molecule has 3 rings (SSSR count). The van der Waals surface area contributed by atoms with Gasteiger partial charge in [-0.25, -0.2) is 24.8 Å². The van der Waals surface area contributed by atoms with E-state index in [1.165, 1.54) is 25.4 Å². The van der Waals surface area contributed by atoms with Crippen LogP contribution < -0.4 is 14.9 Å². The SMILES string of the molecule is COc1cc(/C=N/NC(=O)c2cncc(-c3ccc(OC(F)(F)F)nc3)n2)c(F)cn1. The molecule has 0 saturated heterocycles. The summed E-state index contributed by atoms with van der Waals surface area (Å²) in [5, 5.41) is 3.65. The molecule has 160 valence electrons. The first-order valence-corrected chi connectivity index (χ1v) is 8.32. The third kappa shape index (κ3) is 5.91. The molecule has 0 saturated carbocycles. The highest BCUT2D eigenvalue weighted by atomic mass is 19.4. The number of halogens is 4. The predicted octanol–water partition coefficient (Wildman–Crippen LogP) is 2.74. The van der Waals surface area contributed by atoms with E-state index in [4.69, 9.17) is 4.74 Å². The first-order valence-electron chi connectivity index (χ1n) is 8.32. The van der Waals surface area contributed by atoms with Gasteiger partial charge in [0.25, 0.3) is 5.91 Å². The summed E-state index contributed by atoms with van der Waals surface area (Å²) in [5.74, 6) is -1.91. The van der Waals surface area contributed by atoms with E-state index in [1.54, 1.807) is 0 Å². The summed E-state index contributed by atoms with van der Waals surface area (Å²) in [4.78, 5) is 27.4. The van der Waals surface area contributed by atoms with E-state index in [2.05, 4.69) is 35.2 Å². The second kappa shape index (κ2) is 9.11. The van der Waals surface area contributed by atoms with Gasteiger partial charge in [-0.2, -0.15) is 5.10 Å². The van der Waals surface area contributed by atoms with Crippen LogP contribution in [0.4, 0.5) is 17.6 Å². The third-order valence-electron chi connectivity index (χ3n) is 3.56. The van der Waals surface area contributed by atoms with Crippen molar-refractivity contribution in [3.05, 3.63) is 60.1 Å². The van der Waals surface area contributed by atoms with Gasteiger partial charge in [0.2, 0.25) is 11.8 Å². The Labute approximate surface area is 171 Å². The largest absolute Gasteiger partial charge is 0.574 e. The zero-order valence-corrected chi connectivity index (χ0v) is 15.6. The highest BCUT2D eigenvalue weighted by Crippen LogP contribution is 2.23. The Kier molecular flexibility index (Phi) is 6.33. The zero-order chi connectivity index (χ0) is 22.4. The summed E-state index contributed by atoms with van der Waals surface area (Å²) >= 11 is 0. The number of rotatable bonds is 6. The molecule has 0 aromatic carbocycles. The first kappa shape index (κ1) is 21.5. The van der Waals surface area contributed by atoms with Crippen LogP contribution in [0, 0.1) is 5.82 Å². The number of nitrogens with one attached hydrogen (secondary N) is 1. The average Bonchev–Trinajstić information content (AvgIpc) is 2.74. The van der Waals surface area contributed by atoms with E-state index in [0.29, 0.717) is 5.56 Å².